The Balaban J connectivity index is 1.35. The highest BCUT2D eigenvalue weighted by Crippen LogP contribution is 2.36. The minimum atomic E-state index is -4.40. The number of anilines is 1. The van der Waals surface area contributed by atoms with Crippen LogP contribution in [0.5, 0.6) is 0 Å². The standard InChI is InChI=1S/C33H30FN7O5S/c1-18-3-6-23(7-4-18)47(45,46)41-29-16-26(34)24(20-9-11-39(12-10-20)33(43)44)13-21(29)14-30(41)31(42)25-17-36-40(32(25)35)22-5-8-27-28(15-22)38-19(2)37-27/h3-8,13-17,20H,9-12,35H2,1-2H3,(H,37,38)(H,43,44). The zero-order valence-corrected chi connectivity index (χ0v) is 26.3. The first-order valence-corrected chi connectivity index (χ1v) is 16.4. The summed E-state index contributed by atoms with van der Waals surface area (Å²) in [5.74, 6) is -0.908. The first-order valence-electron chi connectivity index (χ1n) is 14.9. The molecule has 240 valence electrons. The van der Waals surface area contributed by atoms with E-state index in [1.807, 2.05) is 13.8 Å². The van der Waals surface area contributed by atoms with Gasteiger partial charge in [-0.2, -0.15) is 5.10 Å². The number of halogens is 1. The predicted octanol–water partition coefficient (Wildman–Crippen LogP) is 5.37. The van der Waals surface area contributed by atoms with Gasteiger partial charge in [0.1, 0.15) is 23.2 Å². The molecule has 1 fully saturated rings. The molecule has 1 aliphatic rings. The van der Waals surface area contributed by atoms with Gasteiger partial charge in [0, 0.05) is 18.5 Å². The van der Waals surface area contributed by atoms with Crippen LogP contribution in [-0.4, -0.2) is 67.1 Å². The molecule has 1 aliphatic heterocycles. The number of imidazole rings is 1. The molecule has 0 unspecified atom stereocenters. The zero-order chi connectivity index (χ0) is 33.2. The molecule has 6 aromatic rings. The molecule has 12 nitrogen and oxygen atoms in total. The molecule has 0 aliphatic carbocycles. The average Bonchev–Trinajstić information content (AvgIpc) is 3.73. The quantitative estimate of drug-likeness (QED) is 0.201. The van der Waals surface area contributed by atoms with Crippen LogP contribution in [0.1, 0.15) is 51.8 Å². The number of nitrogens with two attached hydrogens (primary N) is 1. The molecule has 1 saturated heterocycles. The van der Waals surface area contributed by atoms with Crippen LogP contribution < -0.4 is 5.73 Å². The number of aromatic nitrogens is 5. The number of nitrogens with one attached hydrogen (secondary N) is 1. The largest absolute Gasteiger partial charge is 0.465 e. The van der Waals surface area contributed by atoms with Gasteiger partial charge in [0.15, 0.2) is 0 Å². The number of carbonyl (C=O) groups is 2. The molecule has 0 bridgehead atoms. The van der Waals surface area contributed by atoms with Crippen molar-refractivity contribution < 1.29 is 27.5 Å². The minimum Gasteiger partial charge on any atom is -0.465 e. The Kier molecular flexibility index (Phi) is 7.12. The number of nitrogens with zero attached hydrogens (tertiary/aromatic N) is 5. The van der Waals surface area contributed by atoms with Crippen LogP contribution in [0.4, 0.5) is 15.0 Å². The van der Waals surface area contributed by atoms with Crippen molar-refractivity contribution in [1.29, 1.82) is 0 Å². The number of carboxylic acid groups (broad SMARTS) is 1. The molecular weight excluding hydrogens is 625 g/mol. The maximum Gasteiger partial charge on any atom is 0.407 e. The number of aryl methyl sites for hydroxylation is 2. The van der Waals surface area contributed by atoms with E-state index in [-0.39, 0.29) is 46.5 Å². The van der Waals surface area contributed by atoms with Crippen LogP contribution in [-0.2, 0) is 10.0 Å². The van der Waals surface area contributed by atoms with E-state index in [2.05, 4.69) is 15.1 Å². The molecule has 1 amide bonds. The van der Waals surface area contributed by atoms with Gasteiger partial charge in [-0.1, -0.05) is 17.7 Å². The van der Waals surface area contributed by atoms with Crippen molar-refractivity contribution >= 4 is 49.7 Å². The van der Waals surface area contributed by atoms with E-state index >= 15 is 4.39 Å². The summed E-state index contributed by atoms with van der Waals surface area (Å²) in [7, 11) is -4.40. The molecule has 47 heavy (non-hydrogen) atoms. The van der Waals surface area contributed by atoms with Crippen molar-refractivity contribution in [2.75, 3.05) is 18.8 Å². The lowest BCUT2D eigenvalue weighted by Crippen LogP contribution is -2.36. The van der Waals surface area contributed by atoms with Gasteiger partial charge in [-0.25, -0.2) is 31.2 Å². The summed E-state index contributed by atoms with van der Waals surface area (Å²) in [6, 6.07) is 15.6. The van der Waals surface area contributed by atoms with Gasteiger partial charge in [0.05, 0.1) is 38.9 Å². The van der Waals surface area contributed by atoms with Gasteiger partial charge in [-0.3, -0.25) is 4.79 Å². The van der Waals surface area contributed by atoms with Gasteiger partial charge in [-0.05, 0) is 86.7 Å². The fraction of sp³-hybridized carbons (Fsp3) is 0.212. The molecule has 0 radical (unpaired) electrons. The molecule has 0 saturated carbocycles. The number of H-pyrrole nitrogens is 1. The average molecular weight is 656 g/mol. The Morgan fingerprint density at radius 1 is 1.02 bits per heavy atom. The topological polar surface area (TPSA) is 169 Å². The monoisotopic (exact) mass is 655 g/mol. The van der Waals surface area contributed by atoms with E-state index in [1.54, 1.807) is 36.4 Å². The summed E-state index contributed by atoms with van der Waals surface area (Å²) in [5.41, 5.74) is 9.43. The summed E-state index contributed by atoms with van der Waals surface area (Å²) >= 11 is 0. The highest BCUT2D eigenvalue weighted by molar-refractivity contribution is 7.90. The smallest absolute Gasteiger partial charge is 0.407 e. The van der Waals surface area contributed by atoms with Crippen LogP contribution in [0, 0.1) is 19.7 Å². The van der Waals surface area contributed by atoms with Crippen molar-refractivity contribution in [2.24, 2.45) is 0 Å². The van der Waals surface area contributed by atoms with Crippen LogP contribution >= 0.6 is 0 Å². The SMILES string of the molecule is Cc1ccc(S(=O)(=O)n2c(C(=O)c3cnn(-c4ccc5nc(C)[nH]c5c4)c3N)cc3cc(C4CCN(C(=O)O)CC4)c(F)cc32)cc1. The van der Waals surface area contributed by atoms with Gasteiger partial charge in [-0.15, -0.1) is 0 Å². The Morgan fingerprint density at radius 2 is 1.74 bits per heavy atom. The molecule has 0 spiro atoms. The third-order valence-electron chi connectivity index (χ3n) is 8.75. The third-order valence-corrected chi connectivity index (χ3v) is 10.5. The van der Waals surface area contributed by atoms with Crippen LogP contribution in [0.3, 0.4) is 0 Å². The normalized spacial score (nSPS) is 14.3. The van der Waals surface area contributed by atoms with E-state index < -0.39 is 27.7 Å². The summed E-state index contributed by atoms with van der Waals surface area (Å²) in [6.07, 6.45) is 1.06. The van der Waals surface area contributed by atoms with Crippen molar-refractivity contribution in [3.8, 4) is 5.69 Å². The van der Waals surface area contributed by atoms with Gasteiger partial charge in [0.2, 0.25) is 5.78 Å². The van der Waals surface area contributed by atoms with Crippen molar-refractivity contribution in [1.82, 2.24) is 28.6 Å². The molecule has 4 N–H and O–H groups in total. The summed E-state index contributed by atoms with van der Waals surface area (Å²) in [6.45, 7) is 4.15. The number of hydrogen-bond donors (Lipinski definition) is 3. The van der Waals surface area contributed by atoms with Crippen LogP contribution in [0.25, 0.3) is 27.6 Å². The predicted molar refractivity (Wildman–Crippen MR) is 173 cm³/mol. The number of carbonyl (C=O) groups excluding carboxylic acids is 1. The maximum atomic E-state index is 15.8. The van der Waals surface area contributed by atoms with E-state index in [0.717, 1.165) is 32.5 Å². The second-order valence-electron chi connectivity index (χ2n) is 11.8. The third kappa shape index (κ3) is 5.10. The fourth-order valence-electron chi connectivity index (χ4n) is 6.28. The first kappa shape index (κ1) is 30.2. The number of fused-ring (bicyclic) bond motifs is 2. The van der Waals surface area contributed by atoms with Crippen LogP contribution in [0.2, 0.25) is 0 Å². The lowest BCUT2D eigenvalue weighted by atomic mass is 9.88. The van der Waals surface area contributed by atoms with E-state index in [9.17, 15) is 23.1 Å². The Labute approximate surface area is 268 Å². The number of piperidine rings is 1. The fourth-order valence-corrected chi connectivity index (χ4v) is 7.79. The van der Waals surface area contributed by atoms with Gasteiger partial charge < -0.3 is 20.7 Å². The number of ketones is 1. The van der Waals surface area contributed by atoms with Crippen LogP contribution in [0.15, 0.2) is 71.8 Å². The highest BCUT2D eigenvalue weighted by Gasteiger charge is 2.31. The van der Waals surface area contributed by atoms with Crippen molar-refractivity contribution in [3.63, 3.8) is 0 Å². The molecule has 7 rings (SSSR count). The zero-order valence-electron chi connectivity index (χ0n) is 25.4. The molecular formula is C33H30FN7O5S. The number of hydrogen-bond acceptors (Lipinski definition) is 7. The number of nitrogen functional groups attached to an aromatic ring is 1. The number of rotatable bonds is 6. The number of likely N-dealkylation sites (tertiary alicyclic amines) is 1. The van der Waals surface area contributed by atoms with E-state index in [4.69, 9.17) is 5.73 Å². The minimum absolute atomic E-state index is 0.00723. The summed E-state index contributed by atoms with van der Waals surface area (Å²) < 4.78 is 46.4. The summed E-state index contributed by atoms with van der Waals surface area (Å²) in [4.78, 5) is 34.4. The maximum absolute atomic E-state index is 15.8. The highest BCUT2D eigenvalue weighted by atomic mass is 32.2. The first-order chi connectivity index (χ1) is 22.4. The lowest BCUT2D eigenvalue weighted by Gasteiger charge is -2.30. The Bertz CT molecular complexity index is 2330. The van der Waals surface area contributed by atoms with Gasteiger partial charge >= 0.3 is 6.09 Å². The second kappa shape index (κ2) is 11.1. The molecule has 14 heteroatoms. The Hall–Kier alpha value is -5.50. The molecule has 3 aromatic carbocycles. The van der Waals surface area contributed by atoms with Crippen molar-refractivity contribution in [3.05, 3.63) is 101 Å². The lowest BCUT2D eigenvalue weighted by molar-refractivity contribution is 0.103. The van der Waals surface area contributed by atoms with Gasteiger partial charge in [0.25, 0.3) is 10.0 Å². The van der Waals surface area contributed by atoms with E-state index in [1.165, 1.54) is 34.0 Å². The van der Waals surface area contributed by atoms with E-state index in [0.29, 0.717) is 29.5 Å². The number of aromatic amines is 1. The molecule has 4 heterocycles. The summed E-state index contributed by atoms with van der Waals surface area (Å²) in [5, 5.41) is 14.0. The number of amides is 1. The number of benzene rings is 3. The second-order valence-corrected chi connectivity index (χ2v) is 13.6. The molecule has 3 aromatic heterocycles. The van der Waals surface area contributed by atoms with Crippen molar-refractivity contribution in [2.45, 2.75) is 37.5 Å². The Morgan fingerprint density at radius 3 is 2.45 bits per heavy atom. The molecule has 0 atom stereocenters.